The van der Waals surface area contributed by atoms with Gasteiger partial charge in [0.2, 0.25) is 0 Å². The summed E-state index contributed by atoms with van der Waals surface area (Å²) in [5, 5.41) is 0. The molecule has 0 bridgehead atoms. The van der Waals surface area contributed by atoms with E-state index in [0.717, 1.165) is 18.4 Å². The Morgan fingerprint density at radius 1 is 1.00 bits per heavy atom. The molecule has 0 aromatic heterocycles. The van der Waals surface area contributed by atoms with E-state index in [2.05, 4.69) is 41.1 Å². The van der Waals surface area contributed by atoms with Gasteiger partial charge >= 0.3 is 5.97 Å². The Morgan fingerprint density at radius 3 is 2.24 bits per heavy atom. The van der Waals surface area contributed by atoms with Gasteiger partial charge in [0.1, 0.15) is 0 Å². The molecule has 108 valence electrons. The third kappa shape index (κ3) is 4.60. The fourth-order valence-corrected chi connectivity index (χ4v) is 2.17. The lowest BCUT2D eigenvalue weighted by Crippen LogP contribution is -1.96. The minimum atomic E-state index is -0.285. The van der Waals surface area contributed by atoms with Gasteiger partial charge in [-0.15, -0.1) is 0 Å². The molecule has 2 aromatic carbocycles. The predicted molar refractivity (Wildman–Crippen MR) is 86.0 cm³/mol. The number of ether oxygens (including phenoxy) is 1. The summed E-state index contributed by atoms with van der Waals surface area (Å²) in [6, 6.07) is 18.9. The van der Waals surface area contributed by atoms with Gasteiger partial charge in [-0.3, -0.25) is 0 Å². The Morgan fingerprint density at radius 2 is 1.62 bits per heavy atom. The maximum atomic E-state index is 11.1. The molecule has 2 heteroatoms. The molecule has 0 aliphatic rings. The molecule has 2 aromatic rings. The Labute approximate surface area is 126 Å². The van der Waals surface area contributed by atoms with Crippen molar-refractivity contribution in [2.75, 3.05) is 7.11 Å². The Balaban J connectivity index is 1.97. The quantitative estimate of drug-likeness (QED) is 0.599. The van der Waals surface area contributed by atoms with E-state index in [1.54, 1.807) is 6.08 Å². The number of benzene rings is 2. The molecule has 0 heterocycles. The Bertz CT molecular complexity index is 610. The van der Waals surface area contributed by atoms with Crippen LogP contribution < -0.4 is 0 Å². The molecule has 0 N–H and O–H groups in total. The molecular weight excluding hydrogens is 260 g/mol. The highest BCUT2D eigenvalue weighted by Crippen LogP contribution is 2.20. The third-order valence-corrected chi connectivity index (χ3v) is 3.43. The predicted octanol–water partition coefficient (Wildman–Crippen LogP) is 4.41. The average molecular weight is 280 g/mol. The number of esters is 1. The highest BCUT2D eigenvalue weighted by molar-refractivity contribution is 5.82. The highest BCUT2D eigenvalue weighted by atomic mass is 16.5. The summed E-state index contributed by atoms with van der Waals surface area (Å²) in [5.74, 6) is -0.285. The van der Waals surface area contributed by atoms with Crippen LogP contribution in [0.3, 0.4) is 0 Å². The van der Waals surface area contributed by atoms with E-state index < -0.39 is 0 Å². The maximum absolute atomic E-state index is 11.1. The van der Waals surface area contributed by atoms with E-state index in [4.69, 9.17) is 0 Å². The van der Waals surface area contributed by atoms with Crippen molar-refractivity contribution in [1.82, 2.24) is 0 Å². The monoisotopic (exact) mass is 280 g/mol. The number of methoxy groups -OCH3 is 1. The first-order valence-corrected chi connectivity index (χ1v) is 7.08. The summed E-state index contributed by atoms with van der Waals surface area (Å²) in [4.78, 5) is 11.1. The lowest BCUT2D eigenvalue weighted by molar-refractivity contribution is -0.134. The molecule has 0 saturated heterocycles. The summed E-state index contributed by atoms with van der Waals surface area (Å²) >= 11 is 0. The van der Waals surface area contributed by atoms with Crippen molar-refractivity contribution in [2.24, 2.45) is 0 Å². The van der Waals surface area contributed by atoms with Crippen LogP contribution in [-0.2, 0) is 16.0 Å². The van der Waals surface area contributed by atoms with Gasteiger partial charge in [-0.2, -0.15) is 0 Å². The van der Waals surface area contributed by atoms with E-state index in [9.17, 15) is 4.79 Å². The fraction of sp³-hybridized carbons (Fsp3) is 0.211. The van der Waals surface area contributed by atoms with E-state index in [-0.39, 0.29) is 5.97 Å². The lowest BCUT2D eigenvalue weighted by Gasteiger charge is -2.05. The lowest BCUT2D eigenvalue weighted by atomic mass is 10.0. The normalized spacial score (nSPS) is 11.2. The van der Waals surface area contributed by atoms with Crippen LogP contribution in [0, 0.1) is 0 Å². The molecule has 0 aliphatic carbocycles. The molecule has 0 saturated carbocycles. The molecule has 0 atom stereocenters. The van der Waals surface area contributed by atoms with E-state index in [0.29, 0.717) is 0 Å². The topological polar surface area (TPSA) is 26.3 Å². The fourth-order valence-electron chi connectivity index (χ4n) is 2.17. The van der Waals surface area contributed by atoms with Crippen molar-refractivity contribution >= 4 is 5.97 Å². The van der Waals surface area contributed by atoms with Crippen molar-refractivity contribution in [3.63, 3.8) is 0 Å². The van der Waals surface area contributed by atoms with Crippen LogP contribution in [0.4, 0.5) is 0 Å². The number of aryl methyl sites for hydroxylation is 1. The van der Waals surface area contributed by atoms with Crippen LogP contribution in [-0.4, -0.2) is 13.1 Å². The molecule has 0 radical (unpaired) electrons. The van der Waals surface area contributed by atoms with Gasteiger partial charge in [-0.05, 0) is 36.5 Å². The Kier molecular flexibility index (Phi) is 5.33. The number of carbonyl (C=O) groups excluding carboxylic acids is 1. The largest absolute Gasteiger partial charge is 0.466 e. The van der Waals surface area contributed by atoms with Crippen molar-refractivity contribution in [1.29, 1.82) is 0 Å². The van der Waals surface area contributed by atoms with Gasteiger partial charge in [0.25, 0.3) is 0 Å². The van der Waals surface area contributed by atoms with Gasteiger partial charge in [0, 0.05) is 6.08 Å². The minimum absolute atomic E-state index is 0.285. The van der Waals surface area contributed by atoms with E-state index >= 15 is 0 Å². The third-order valence-electron chi connectivity index (χ3n) is 3.43. The Hall–Kier alpha value is -2.35. The molecule has 2 nitrogen and oxygen atoms in total. The molecule has 0 amide bonds. The second-order valence-electron chi connectivity index (χ2n) is 5.08. The molecule has 0 unspecified atom stereocenters. The zero-order valence-electron chi connectivity index (χ0n) is 12.5. The van der Waals surface area contributed by atoms with E-state index in [1.165, 1.54) is 23.8 Å². The van der Waals surface area contributed by atoms with Crippen molar-refractivity contribution in [2.45, 2.75) is 19.8 Å². The highest BCUT2D eigenvalue weighted by Gasteiger charge is 2.00. The van der Waals surface area contributed by atoms with Crippen molar-refractivity contribution < 1.29 is 9.53 Å². The summed E-state index contributed by atoms with van der Waals surface area (Å²) in [7, 11) is 1.40. The van der Waals surface area contributed by atoms with Crippen LogP contribution in [0.15, 0.2) is 66.2 Å². The number of hydrogen-bond acceptors (Lipinski definition) is 2. The van der Waals surface area contributed by atoms with Crippen LogP contribution in [0.1, 0.15) is 18.9 Å². The zero-order chi connectivity index (χ0) is 15.1. The molecule has 0 aliphatic heterocycles. The molecule has 0 spiro atoms. The second kappa shape index (κ2) is 7.44. The molecule has 0 fully saturated rings. The molecular formula is C19H20O2. The summed E-state index contributed by atoms with van der Waals surface area (Å²) in [5.41, 5.74) is 4.76. The van der Waals surface area contributed by atoms with Crippen LogP contribution >= 0.6 is 0 Å². The smallest absolute Gasteiger partial charge is 0.330 e. The van der Waals surface area contributed by atoms with Gasteiger partial charge in [0.05, 0.1) is 7.11 Å². The second-order valence-corrected chi connectivity index (χ2v) is 5.08. The molecule has 2 rings (SSSR count). The summed E-state index contributed by atoms with van der Waals surface area (Å²) in [6.07, 6.45) is 3.34. The van der Waals surface area contributed by atoms with E-state index in [1.807, 2.05) is 25.1 Å². The first-order valence-electron chi connectivity index (χ1n) is 7.08. The summed E-state index contributed by atoms with van der Waals surface area (Å²) < 4.78 is 4.62. The van der Waals surface area contributed by atoms with Crippen LogP contribution in [0.2, 0.25) is 0 Å². The average Bonchev–Trinajstić information content (AvgIpc) is 2.54. The zero-order valence-corrected chi connectivity index (χ0v) is 12.5. The minimum Gasteiger partial charge on any atom is -0.466 e. The van der Waals surface area contributed by atoms with Crippen molar-refractivity contribution in [3.8, 4) is 11.1 Å². The van der Waals surface area contributed by atoms with Crippen LogP contribution in [0.25, 0.3) is 11.1 Å². The number of carbonyl (C=O) groups is 1. The van der Waals surface area contributed by atoms with Gasteiger partial charge in [-0.25, -0.2) is 4.79 Å². The molecule has 21 heavy (non-hydrogen) atoms. The standard InChI is InChI=1S/C19H20O2/c1-15(14-19(20)21-2)8-9-16-10-12-18(13-11-16)17-6-4-3-5-7-17/h3-7,10-14H,8-9H2,1-2H3/b15-14+. The first kappa shape index (κ1) is 15.0. The van der Waals surface area contributed by atoms with Crippen LogP contribution in [0.5, 0.6) is 0 Å². The number of rotatable bonds is 5. The summed E-state index contributed by atoms with van der Waals surface area (Å²) in [6.45, 7) is 1.95. The number of hydrogen-bond donors (Lipinski definition) is 0. The van der Waals surface area contributed by atoms with Gasteiger partial charge < -0.3 is 4.74 Å². The van der Waals surface area contributed by atoms with Gasteiger partial charge in [0.15, 0.2) is 0 Å². The SMILES string of the molecule is COC(=O)/C=C(\C)CCc1ccc(-c2ccccc2)cc1. The van der Waals surface area contributed by atoms with Crippen molar-refractivity contribution in [3.05, 3.63) is 71.8 Å². The first-order chi connectivity index (χ1) is 10.2. The maximum Gasteiger partial charge on any atom is 0.330 e. The number of allylic oxidation sites excluding steroid dienone is 1. The van der Waals surface area contributed by atoms with Gasteiger partial charge in [-0.1, -0.05) is 60.2 Å².